The molecule has 3 aromatic rings. The number of aromatic nitrogens is 2. The van der Waals surface area contributed by atoms with E-state index in [1.165, 1.54) is 0 Å². The van der Waals surface area contributed by atoms with Gasteiger partial charge in [0.2, 0.25) is 0 Å². The van der Waals surface area contributed by atoms with Crippen LogP contribution in [0.15, 0.2) is 59.8 Å². The molecule has 0 amide bonds. The molecule has 3 heterocycles. The van der Waals surface area contributed by atoms with E-state index in [9.17, 15) is 18.0 Å². The number of H-pyrrole nitrogens is 1. The van der Waals surface area contributed by atoms with Crippen LogP contribution in [-0.2, 0) is 9.59 Å². The van der Waals surface area contributed by atoms with Crippen LogP contribution in [0, 0.1) is 6.92 Å². The summed E-state index contributed by atoms with van der Waals surface area (Å²) >= 11 is 5.96. The van der Waals surface area contributed by atoms with E-state index in [0.29, 0.717) is 29.6 Å². The molecule has 0 bridgehead atoms. The van der Waals surface area contributed by atoms with Gasteiger partial charge in [0, 0.05) is 40.0 Å². The Morgan fingerprint density at radius 1 is 1.14 bits per heavy atom. The van der Waals surface area contributed by atoms with Crippen LogP contribution in [0.1, 0.15) is 22.7 Å². The normalized spacial score (nSPS) is 16.8. The summed E-state index contributed by atoms with van der Waals surface area (Å²) in [6.45, 7) is 2.93. The highest BCUT2D eigenvalue weighted by Crippen LogP contribution is 2.44. The fraction of sp³-hybridized carbons (Fsp3) is 0.208. The maximum atomic E-state index is 12.8. The maximum Gasteiger partial charge on any atom is 0.490 e. The minimum absolute atomic E-state index is 0.0963. The van der Waals surface area contributed by atoms with Gasteiger partial charge in [-0.1, -0.05) is 23.7 Å². The molecule has 0 saturated carbocycles. The van der Waals surface area contributed by atoms with E-state index in [1.54, 1.807) is 12.1 Å². The van der Waals surface area contributed by atoms with Crippen molar-refractivity contribution in [1.82, 2.24) is 15.5 Å². The van der Waals surface area contributed by atoms with Crippen LogP contribution in [0.25, 0.3) is 0 Å². The average molecular weight is 521 g/mol. The Kier molecular flexibility index (Phi) is 7.04. The highest BCUT2D eigenvalue weighted by molar-refractivity contribution is 6.30. The zero-order chi connectivity index (χ0) is 26.0. The van der Waals surface area contributed by atoms with E-state index in [4.69, 9.17) is 26.2 Å². The molecular formula is C24H20ClF3N4O4. The lowest BCUT2D eigenvalue weighted by atomic mass is 9.78. The van der Waals surface area contributed by atoms with Crippen LogP contribution < -0.4 is 15.4 Å². The lowest BCUT2D eigenvalue weighted by Crippen LogP contribution is -2.39. The van der Waals surface area contributed by atoms with Gasteiger partial charge in [0.1, 0.15) is 11.5 Å². The number of carboxylic acids is 1. The van der Waals surface area contributed by atoms with Crippen molar-refractivity contribution in [3.8, 4) is 11.5 Å². The van der Waals surface area contributed by atoms with Crippen LogP contribution in [0.4, 0.5) is 19.0 Å². The summed E-state index contributed by atoms with van der Waals surface area (Å²) in [5.41, 5.74) is 4.62. The molecule has 1 atom stereocenters. The van der Waals surface area contributed by atoms with Gasteiger partial charge in [-0.3, -0.25) is 9.89 Å². The van der Waals surface area contributed by atoms with Gasteiger partial charge in [0.15, 0.2) is 11.6 Å². The average Bonchev–Trinajstić information content (AvgIpc) is 3.19. The van der Waals surface area contributed by atoms with Crippen molar-refractivity contribution < 1.29 is 32.6 Å². The predicted octanol–water partition coefficient (Wildman–Crippen LogP) is 4.78. The van der Waals surface area contributed by atoms with Crippen LogP contribution >= 0.6 is 11.6 Å². The zero-order valence-electron chi connectivity index (χ0n) is 18.7. The first-order valence-electron chi connectivity index (χ1n) is 10.7. The number of ketones is 1. The topological polar surface area (TPSA) is 116 Å². The first-order chi connectivity index (χ1) is 17.0. The molecule has 36 heavy (non-hydrogen) atoms. The third-order valence-electron chi connectivity index (χ3n) is 5.54. The summed E-state index contributed by atoms with van der Waals surface area (Å²) < 4.78 is 37.8. The minimum Gasteiger partial charge on any atom is -0.475 e. The third-order valence-corrected chi connectivity index (χ3v) is 5.79. The maximum absolute atomic E-state index is 12.8. The van der Waals surface area contributed by atoms with E-state index in [2.05, 4.69) is 20.8 Å². The van der Waals surface area contributed by atoms with Crippen molar-refractivity contribution in [2.24, 2.45) is 0 Å². The Hall–Kier alpha value is -3.83. The quantitative estimate of drug-likeness (QED) is 0.393. The number of nitrogens with one attached hydrogen (secondary N) is 3. The molecular weight excluding hydrogens is 501 g/mol. The zero-order valence-corrected chi connectivity index (χ0v) is 19.5. The van der Waals surface area contributed by atoms with E-state index in [1.807, 2.05) is 43.3 Å². The van der Waals surface area contributed by atoms with E-state index in [-0.39, 0.29) is 11.7 Å². The Balaban J connectivity index is 0.000000384. The second-order valence-electron chi connectivity index (χ2n) is 8.02. The van der Waals surface area contributed by atoms with Crippen molar-refractivity contribution in [3.63, 3.8) is 0 Å². The summed E-state index contributed by atoms with van der Waals surface area (Å²) in [5.74, 6) is -0.675. The Morgan fingerprint density at radius 3 is 2.50 bits per heavy atom. The second-order valence-corrected chi connectivity index (χ2v) is 8.46. The molecule has 4 N–H and O–H groups in total. The molecule has 2 aliphatic rings. The number of ether oxygens (including phenoxy) is 1. The SMILES string of the molecule is Cc1[nH]nc2c1C(c1cccc(Oc3ccc(Cl)cc3)c1)C1=C(CNCC1=O)N2.O=C(O)C(F)(F)F. The van der Waals surface area contributed by atoms with Gasteiger partial charge in [-0.05, 0) is 48.9 Å². The second kappa shape index (κ2) is 10.0. The molecule has 0 radical (unpaired) electrons. The number of alkyl halides is 3. The van der Waals surface area contributed by atoms with Crippen molar-refractivity contribution in [1.29, 1.82) is 0 Å². The largest absolute Gasteiger partial charge is 0.490 e. The van der Waals surface area contributed by atoms with Gasteiger partial charge in [0.25, 0.3) is 0 Å². The molecule has 8 nitrogen and oxygen atoms in total. The van der Waals surface area contributed by atoms with Crippen molar-refractivity contribution >= 4 is 29.2 Å². The molecule has 0 spiro atoms. The van der Waals surface area contributed by atoms with E-state index >= 15 is 0 Å². The highest BCUT2D eigenvalue weighted by Gasteiger charge is 2.38. The van der Waals surface area contributed by atoms with Gasteiger partial charge >= 0.3 is 12.1 Å². The van der Waals surface area contributed by atoms with Crippen LogP contribution in [-0.4, -0.2) is 46.3 Å². The summed E-state index contributed by atoms with van der Waals surface area (Å²) in [6, 6.07) is 15.1. The highest BCUT2D eigenvalue weighted by atomic mass is 35.5. The summed E-state index contributed by atoms with van der Waals surface area (Å²) in [6.07, 6.45) is -5.08. The number of hydrogen-bond acceptors (Lipinski definition) is 6. The number of hydrogen-bond donors (Lipinski definition) is 4. The Morgan fingerprint density at radius 2 is 1.83 bits per heavy atom. The first-order valence-corrected chi connectivity index (χ1v) is 11.0. The van der Waals surface area contributed by atoms with Crippen molar-refractivity contribution in [2.45, 2.75) is 19.0 Å². The van der Waals surface area contributed by atoms with Gasteiger partial charge in [0.05, 0.1) is 6.54 Å². The van der Waals surface area contributed by atoms with Crippen LogP contribution in [0.2, 0.25) is 5.02 Å². The van der Waals surface area contributed by atoms with Gasteiger partial charge in [-0.15, -0.1) is 0 Å². The number of aryl methyl sites for hydroxylation is 1. The number of rotatable bonds is 3. The van der Waals surface area contributed by atoms with Crippen LogP contribution in [0.3, 0.4) is 0 Å². The standard InChI is InChI=1S/C22H19ClN4O2.C2HF3O2/c1-12-19-20(21-17(10-24-11-18(21)28)25-22(19)27-26-12)13-3-2-4-16(9-13)29-15-7-5-14(23)6-8-15;3-2(4,5)1(6)7/h2-9,20,24H,10-11H2,1H3,(H2,25,26,27);(H,6,7). The molecule has 1 aromatic heterocycles. The minimum atomic E-state index is -5.08. The summed E-state index contributed by atoms with van der Waals surface area (Å²) in [5, 5.41) is 21.7. The van der Waals surface area contributed by atoms with Crippen LogP contribution in [0.5, 0.6) is 11.5 Å². The number of nitrogens with zero attached hydrogens (tertiary/aromatic N) is 1. The van der Waals surface area contributed by atoms with Crippen molar-refractivity contribution in [2.75, 3.05) is 18.4 Å². The number of benzene rings is 2. The van der Waals surface area contributed by atoms with Gasteiger partial charge < -0.3 is 20.5 Å². The number of carbonyl (C=O) groups is 2. The molecule has 188 valence electrons. The molecule has 2 aromatic carbocycles. The van der Waals surface area contributed by atoms with E-state index in [0.717, 1.165) is 33.9 Å². The van der Waals surface area contributed by atoms with Crippen molar-refractivity contribution in [3.05, 3.63) is 81.6 Å². The molecule has 12 heteroatoms. The van der Waals surface area contributed by atoms with Gasteiger partial charge in [-0.25, -0.2) is 4.79 Å². The van der Waals surface area contributed by atoms with E-state index < -0.39 is 12.1 Å². The molecule has 0 fully saturated rings. The monoisotopic (exact) mass is 520 g/mol. The Labute approximate surface area is 208 Å². The number of fused-ring (bicyclic) bond motifs is 1. The number of aromatic amines is 1. The lowest BCUT2D eigenvalue weighted by Gasteiger charge is -2.32. The Bertz CT molecular complexity index is 1340. The molecule has 2 aliphatic heterocycles. The molecule has 5 rings (SSSR count). The fourth-order valence-corrected chi connectivity index (χ4v) is 4.14. The number of halogens is 4. The number of Topliss-reactive ketones (excluding diaryl/α,β-unsaturated/α-hetero) is 1. The number of aliphatic carboxylic acids is 1. The number of carboxylic acid groups (broad SMARTS) is 1. The summed E-state index contributed by atoms with van der Waals surface area (Å²) in [4.78, 5) is 21.7. The number of carbonyl (C=O) groups excluding carboxylic acids is 1. The molecule has 0 aliphatic carbocycles. The summed E-state index contributed by atoms with van der Waals surface area (Å²) in [7, 11) is 0. The molecule has 1 unspecified atom stereocenters. The fourth-order valence-electron chi connectivity index (χ4n) is 4.01. The van der Waals surface area contributed by atoms with Gasteiger partial charge in [-0.2, -0.15) is 18.3 Å². The predicted molar refractivity (Wildman–Crippen MR) is 125 cm³/mol. The lowest BCUT2D eigenvalue weighted by molar-refractivity contribution is -0.192. The third kappa shape index (κ3) is 5.37. The smallest absolute Gasteiger partial charge is 0.475 e. The molecule has 0 saturated heterocycles. The first kappa shape index (κ1) is 25.3. The number of anilines is 1.